The van der Waals surface area contributed by atoms with Gasteiger partial charge in [-0.25, -0.2) is 14.2 Å². The molecule has 0 spiro atoms. The van der Waals surface area contributed by atoms with Gasteiger partial charge in [-0.15, -0.1) is 11.3 Å². The first-order valence-electron chi connectivity index (χ1n) is 8.35. The molecule has 1 atom stereocenters. The average Bonchev–Trinajstić information content (AvgIpc) is 3.20. The van der Waals surface area contributed by atoms with Crippen molar-refractivity contribution >= 4 is 34.3 Å². The molecule has 1 aromatic carbocycles. The Morgan fingerprint density at radius 2 is 2.19 bits per heavy atom. The van der Waals surface area contributed by atoms with Crippen LogP contribution >= 0.6 is 11.3 Å². The summed E-state index contributed by atoms with van der Waals surface area (Å²) in [5, 5.41) is 5.13. The van der Waals surface area contributed by atoms with Crippen LogP contribution in [0.15, 0.2) is 47.0 Å². The van der Waals surface area contributed by atoms with E-state index < -0.39 is 6.04 Å². The molecular formula is C19H18FN3O2S. The Labute approximate surface area is 154 Å². The van der Waals surface area contributed by atoms with Crippen LogP contribution < -0.4 is 5.32 Å². The van der Waals surface area contributed by atoms with E-state index in [0.29, 0.717) is 28.3 Å². The molecule has 3 aromatic rings. The van der Waals surface area contributed by atoms with Crippen molar-refractivity contribution in [2.45, 2.75) is 32.9 Å². The van der Waals surface area contributed by atoms with E-state index in [1.807, 2.05) is 42.9 Å². The molecule has 4 rings (SSSR count). The van der Waals surface area contributed by atoms with E-state index in [2.05, 4.69) is 10.3 Å². The summed E-state index contributed by atoms with van der Waals surface area (Å²) in [6.07, 6.45) is -0.231. The number of halogens is 1. The number of rotatable bonds is 3. The van der Waals surface area contributed by atoms with Crippen molar-refractivity contribution in [3.63, 3.8) is 0 Å². The molecule has 1 unspecified atom stereocenters. The zero-order chi connectivity index (χ0) is 18.4. The SMILES string of the molecule is CC1=C(C(=O)OC(C)C)C(c2cccs2)n2c(nc3ccc(F)cc32)N1. The predicted molar refractivity (Wildman–Crippen MR) is 99.7 cm³/mol. The number of benzene rings is 1. The summed E-state index contributed by atoms with van der Waals surface area (Å²) in [5.74, 6) is -0.141. The number of allylic oxidation sites excluding steroid dienone is 1. The monoisotopic (exact) mass is 371 g/mol. The average molecular weight is 371 g/mol. The number of thiophene rings is 1. The number of ether oxygens (including phenoxy) is 1. The zero-order valence-electron chi connectivity index (χ0n) is 14.6. The summed E-state index contributed by atoms with van der Waals surface area (Å²) in [7, 11) is 0. The molecule has 5 nitrogen and oxygen atoms in total. The van der Waals surface area contributed by atoms with Gasteiger partial charge in [-0.3, -0.25) is 4.57 Å². The second kappa shape index (κ2) is 6.25. The van der Waals surface area contributed by atoms with Crippen molar-refractivity contribution in [1.29, 1.82) is 0 Å². The second-order valence-corrected chi connectivity index (χ2v) is 7.45. The van der Waals surface area contributed by atoms with Crippen molar-refractivity contribution < 1.29 is 13.9 Å². The van der Waals surface area contributed by atoms with Crippen molar-refractivity contribution in [3.8, 4) is 0 Å². The third-order valence-electron chi connectivity index (χ3n) is 4.26. The van der Waals surface area contributed by atoms with E-state index in [9.17, 15) is 9.18 Å². The van der Waals surface area contributed by atoms with Gasteiger partial charge in [0.15, 0.2) is 0 Å². The molecule has 1 aliphatic heterocycles. The van der Waals surface area contributed by atoms with Crippen LogP contribution in [0.25, 0.3) is 11.0 Å². The number of aromatic nitrogens is 2. The van der Waals surface area contributed by atoms with Gasteiger partial charge in [-0.05, 0) is 50.4 Å². The molecule has 0 fully saturated rings. The Morgan fingerprint density at radius 1 is 1.38 bits per heavy atom. The van der Waals surface area contributed by atoms with Gasteiger partial charge in [-0.2, -0.15) is 0 Å². The van der Waals surface area contributed by atoms with Crippen LogP contribution in [0.1, 0.15) is 31.7 Å². The van der Waals surface area contributed by atoms with E-state index in [-0.39, 0.29) is 17.9 Å². The lowest BCUT2D eigenvalue weighted by Gasteiger charge is -2.29. The first-order chi connectivity index (χ1) is 12.5. The lowest BCUT2D eigenvalue weighted by atomic mass is 10.0. The van der Waals surface area contributed by atoms with Gasteiger partial charge in [0.2, 0.25) is 5.95 Å². The fraction of sp³-hybridized carbons (Fsp3) is 0.263. The molecule has 0 aliphatic carbocycles. The maximum absolute atomic E-state index is 13.9. The van der Waals surface area contributed by atoms with Gasteiger partial charge in [0.25, 0.3) is 0 Å². The zero-order valence-corrected chi connectivity index (χ0v) is 15.4. The first kappa shape index (κ1) is 16.8. The van der Waals surface area contributed by atoms with Gasteiger partial charge in [-0.1, -0.05) is 6.07 Å². The number of nitrogens with one attached hydrogen (secondary N) is 1. The highest BCUT2D eigenvalue weighted by molar-refractivity contribution is 7.10. The molecule has 7 heteroatoms. The van der Waals surface area contributed by atoms with Crippen LogP contribution in [0.5, 0.6) is 0 Å². The molecule has 0 saturated carbocycles. The van der Waals surface area contributed by atoms with E-state index in [4.69, 9.17) is 4.74 Å². The molecule has 1 aliphatic rings. The Bertz CT molecular complexity index is 1020. The van der Waals surface area contributed by atoms with Gasteiger partial charge in [0.05, 0.1) is 22.7 Å². The van der Waals surface area contributed by atoms with Crippen LogP contribution in [0.3, 0.4) is 0 Å². The van der Waals surface area contributed by atoms with Crippen molar-refractivity contribution in [2.24, 2.45) is 0 Å². The molecule has 2 aromatic heterocycles. The number of nitrogens with zero attached hydrogens (tertiary/aromatic N) is 2. The maximum atomic E-state index is 13.9. The van der Waals surface area contributed by atoms with Gasteiger partial charge < -0.3 is 10.1 Å². The number of fused-ring (bicyclic) bond motifs is 3. The Kier molecular flexibility index (Phi) is 4.03. The lowest BCUT2D eigenvalue weighted by Crippen LogP contribution is -2.29. The number of carbonyl (C=O) groups is 1. The Balaban J connectivity index is 1.95. The summed E-state index contributed by atoms with van der Waals surface area (Å²) in [5.41, 5.74) is 2.50. The molecule has 0 amide bonds. The van der Waals surface area contributed by atoms with Gasteiger partial charge in [0, 0.05) is 10.6 Å². The minimum atomic E-state index is -0.413. The normalized spacial score (nSPS) is 16.7. The molecule has 26 heavy (non-hydrogen) atoms. The number of hydrogen-bond donors (Lipinski definition) is 1. The number of imidazole rings is 1. The molecule has 134 valence electrons. The minimum absolute atomic E-state index is 0.231. The summed E-state index contributed by atoms with van der Waals surface area (Å²) in [6.45, 7) is 5.47. The van der Waals surface area contributed by atoms with Crippen LogP contribution in [0.4, 0.5) is 10.3 Å². The summed E-state index contributed by atoms with van der Waals surface area (Å²) in [6, 6.07) is 7.96. The Morgan fingerprint density at radius 3 is 2.88 bits per heavy atom. The molecule has 0 saturated heterocycles. The van der Waals surface area contributed by atoms with Crippen molar-refractivity contribution in [3.05, 3.63) is 57.7 Å². The molecular weight excluding hydrogens is 353 g/mol. The summed E-state index contributed by atoms with van der Waals surface area (Å²) < 4.78 is 21.2. The molecule has 0 bridgehead atoms. The van der Waals surface area contributed by atoms with Crippen LogP contribution in [0.2, 0.25) is 0 Å². The van der Waals surface area contributed by atoms with E-state index in [1.165, 1.54) is 23.5 Å². The molecule has 3 heterocycles. The van der Waals surface area contributed by atoms with Gasteiger partial charge >= 0.3 is 5.97 Å². The first-order valence-corrected chi connectivity index (χ1v) is 9.23. The topological polar surface area (TPSA) is 56.2 Å². The summed E-state index contributed by atoms with van der Waals surface area (Å²) >= 11 is 1.54. The fourth-order valence-corrected chi connectivity index (χ4v) is 4.07. The molecule has 1 N–H and O–H groups in total. The smallest absolute Gasteiger partial charge is 0.338 e. The maximum Gasteiger partial charge on any atom is 0.338 e. The van der Waals surface area contributed by atoms with E-state index in [1.54, 1.807) is 6.07 Å². The standard InChI is InChI=1S/C19H18FN3O2S/c1-10(2)25-18(24)16-11(3)21-19-22-13-7-6-12(20)9-14(13)23(19)17(16)15-5-4-8-26-15/h4-10,17H,1-3H3,(H,21,22). The quantitative estimate of drug-likeness (QED) is 0.690. The van der Waals surface area contributed by atoms with Gasteiger partial charge in [0.1, 0.15) is 11.9 Å². The number of carbonyl (C=O) groups excluding carboxylic acids is 1. The van der Waals surface area contributed by atoms with E-state index >= 15 is 0 Å². The largest absolute Gasteiger partial charge is 0.459 e. The second-order valence-electron chi connectivity index (χ2n) is 6.47. The number of anilines is 1. The third kappa shape index (κ3) is 2.68. The lowest BCUT2D eigenvalue weighted by molar-refractivity contribution is -0.143. The minimum Gasteiger partial charge on any atom is -0.459 e. The number of esters is 1. The highest BCUT2D eigenvalue weighted by atomic mass is 32.1. The summed E-state index contributed by atoms with van der Waals surface area (Å²) in [4.78, 5) is 18.4. The van der Waals surface area contributed by atoms with Crippen molar-refractivity contribution in [1.82, 2.24) is 9.55 Å². The number of hydrogen-bond acceptors (Lipinski definition) is 5. The van der Waals surface area contributed by atoms with Crippen LogP contribution in [-0.4, -0.2) is 21.6 Å². The molecule has 0 radical (unpaired) electrons. The van der Waals surface area contributed by atoms with E-state index in [0.717, 1.165) is 4.88 Å². The fourth-order valence-electron chi connectivity index (χ4n) is 3.24. The predicted octanol–water partition coefficient (Wildman–Crippen LogP) is 4.48. The Hall–Kier alpha value is -2.67. The van der Waals surface area contributed by atoms with Crippen LogP contribution in [0, 0.1) is 5.82 Å². The van der Waals surface area contributed by atoms with Crippen molar-refractivity contribution in [2.75, 3.05) is 5.32 Å². The third-order valence-corrected chi connectivity index (χ3v) is 5.19. The highest BCUT2D eigenvalue weighted by Gasteiger charge is 2.35. The highest BCUT2D eigenvalue weighted by Crippen LogP contribution is 2.41. The van der Waals surface area contributed by atoms with Crippen LogP contribution in [-0.2, 0) is 9.53 Å².